The van der Waals surface area contributed by atoms with Crippen molar-refractivity contribution < 1.29 is 19.4 Å². The maximum absolute atomic E-state index is 9.63. The number of nitrogens with one attached hydrogen (secondary N) is 1. The van der Waals surface area contributed by atoms with E-state index in [1.165, 1.54) is 0 Å². The molecule has 0 radical (unpaired) electrons. The fourth-order valence-electron chi connectivity index (χ4n) is 1.17. The SMILES string of the molecule is COCCONCC(O)COc1ccc(Cl)c(Cl)c1. The minimum absolute atomic E-state index is 0.124. The van der Waals surface area contributed by atoms with E-state index in [1.54, 1.807) is 25.3 Å². The van der Waals surface area contributed by atoms with Gasteiger partial charge in [0.2, 0.25) is 0 Å². The van der Waals surface area contributed by atoms with Gasteiger partial charge in [-0.15, -0.1) is 0 Å². The lowest BCUT2D eigenvalue weighted by Crippen LogP contribution is -2.32. The van der Waals surface area contributed by atoms with Gasteiger partial charge in [-0.2, -0.15) is 5.48 Å². The van der Waals surface area contributed by atoms with Crippen LogP contribution in [0, 0.1) is 0 Å². The van der Waals surface area contributed by atoms with E-state index in [1.807, 2.05) is 0 Å². The number of hydrogen-bond acceptors (Lipinski definition) is 5. The third-order valence-electron chi connectivity index (χ3n) is 2.14. The molecule has 7 heteroatoms. The van der Waals surface area contributed by atoms with Crippen molar-refractivity contribution in [2.45, 2.75) is 6.10 Å². The van der Waals surface area contributed by atoms with E-state index in [0.29, 0.717) is 29.0 Å². The highest BCUT2D eigenvalue weighted by atomic mass is 35.5. The molecule has 108 valence electrons. The van der Waals surface area contributed by atoms with Gasteiger partial charge in [0.05, 0.1) is 29.8 Å². The topological polar surface area (TPSA) is 60.0 Å². The van der Waals surface area contributed by atoms with Gasteiger partial charge in [-0.1, -0.05) is 23.2 Å². The van der Waals surface area contributed by atoms with Crippen molar-refractivity contribution in [3.05, 3.63) is 28.2 Å². The van der Waals surface area contributed by atoms with E-state index in [9.17, 15) is 5.11 Å². The molecule has 5 nitrogen and oxygen atoms in total. The Hall–Kier alpha value is -0.560. The molecule has 0 aliphatic rings. The van der Waals surface area contributed by atoms with Gasteiger partial charge in [0, 0.05) is 13.2 Å². The average molecular weight is 310 g/mol. The Kier molecular flexibility index (Phi) is 8.13. The number of hydrogen-bond donors (Lipinski definition) is 2. The van der Waals surface area contributed by atoms with Crippen LogP contribution >= 0.6 is 23.2 Å². The van der Waals surface area contributed by atoms with Crippen LogP contribution < -0.4 is 10.2 Å². The molecule has 0 aromatic heterocycles. The summed E-state index contributed by atoms with van der Waals surface area (Å²) in [6.45, 7) is 1.28. The number of benzene rings is 1. The lowest BCUT2D eigenvalue weighted by molar-refractivity contribution is -0.0173. The van der Waals surface area contributed by atoms with Crippen molar-refractivity contribution in [3.63, 3.8) is 0 Å². The van der Waals surface area contributed by atoms with Crippen LogP contribution in [-0.4, -0.2) is 44.7 Å². The molecule has 0 amide bonds. The second kappa shape index (κ2) is 9.36. The predicted octanol–water partition coefficient (Wildman–Crippen LogP) is 1.90. The zero-order valence-corrected chi connectivity index (χ0v) is 12.1. The van der Waals surface area contributed by atoms with Crippen molar-refractivity contribution in [1.82, 2.24) is 5.48 Å². The summed E-state index contributed by atoms with van der Waals surface area (Å²) >= 11 is 11.6. The standard InChI is InChI=1S/C12H17Cl2NO4/c1-17-4-5-19-15-7-9(16)8-18-10-2-3-11(13)12(14)6-10/h2-3,6,9,15-16H,4-5,7-8H2,1H3. The van der Waals surface area contributed by atoms with E-state index in [0.717, 1.165) is 0 Å². The van der Waals surface area contributed by atoms with Gasteiger partial charge in [0.15, 0.2) is 0 Å². The van der Waals surface area contributed by atoms with Crippen LogP contribution in [-0.2, 0) is 9.57 Å². The first kappa shape index (κ1) is 16.5. The Morgan fingerprint density at radius 1 is 1.26 bits per heavy atom. The van der Waals surface area contributed by atoms with Crippen LogP contribution in [0.1, 0.15) is 0 Å². The van der Waals surface area contributed by atoms with Crippen molar-refractivity contribution >= 4 is 23.2 Å². The molecule has 1 unspecified atom stereocenters. The molecule has 0 saturated heterocycles. The Labute approximate surface area is 122 Å². The van der Waals surface area contributed by atoms with Crippen molar-refractivity contribution in [2.75, 3.05) is 33.5 Å². The van der Waals surface area contributed by atoms with E-state index in [2.05, 4.69) is 5.48 Å². The number of aliphatic hydroxyl groups is 1. The van der Waals surface area contributed by atoms with Crippen molar-refractivity contribution in [3.8, 4) is 5.75 Å². The molecule has 0 spiro atoms. The molecule has 0 heterocycles. The fourth-order valence-corrected chi connectivity index (χ4v) is 1.46. The predicted molar refractivity (Wildman–Crippen MR) is 73.8 cm³/mol. The molecule has 1 rings (SSSR count). The Balaban J connectivity index is 2.18. The molecule has 19 heavy (non-hydrogen) atoms. The number of ether oxygens (including phenoxy) is 2. The summed E-state index contributed by atoms with van der Waals surface area (Å²) in [6.07, 6.45) is -0.697. The van der Waals surface area contributed by atoms with Gasteiger partial charge in [0.25, 0.3) is 0 Å². The first-order valence-corrected chi connectivity index (χ1v) is 6.48. The van der Waals surface area contributed by atoms with E-state index < -0.39 is 6.10 Å². The zero-order valence-electron chi connectivity index (χ0n) is 10.6. The summed E-state index contributed by atoms with van der Waals surface area (Å²) in [5.41, 5.74) is 2.62. The molecule has 1 atom stereocenters. The van der Waals surface area contributed by atoms with Gasteiger partial charge in [-0.25, -0.2) is 0 Å². The largest absolute Gasteiger partial charge is 0.491 e. The van der Waals surface area contributed by atoms with Gasteiger partial charge in [-0.3, -0.25) is 4.84 Å². The molecule has 0 saturated carbocycles. The minimum Gasteiger partial charge on any atom is -0.491 e. The monoisotopic (exact) mass is 309 g/mol. The highest BCUT2D eigenvalue weighted by molar-refractivity contribution is 6.42. The van der Waals surface area contributed by atoms with Gasteiger partial charge in [0.1, 0.15) is 18.5 Å². The number of halogens is 2. The van der Waals surface area contributed by atoms with Gasteiger partial charge < -0.3 is 14.6 Å². The quantitative estimate of drug-likeness (QED) is 0.539. The maximum atomic E-state index is 9.63. The third kappa shape index (κ3) is 6.96. The summed E-state index contributed by atoms with van der Waals surface area (Å²) in [7, 11) is 1.59. The molecule has 0 fully saturated rings. The van der Waals surface area contributed by atoms with Crippen molar-refractivity contribution in [2.24, 2.45) is 0 Å². The average Bonchev–Trinajstić information content (AvgIpc) is 2.40. The second-order valence-electron chi connectivity index (χ2n) is 3.73. The number of rotatable bonds is 9. The van der Waals surface area contributed by atoms with Crippen LogP contribution in [0.25, 0.3) is 0 Å². The smallest absolute Gasteiger partial charge is 0.121 e. The van der Waals surface area contributed by atoms with E-state index >= 15 is 0 Å². The molecule has 0 aliphatic carbocycles. The minimum atomic E-state index is -0.697. The lowest BCUT2D eigenvalue weighted by Gasteiger charge is -2.13. The first-order chi connectivity index (χ1) is 9.13. The summed E-state index contributed by atoms with van der Waals surface area (Å²) in [5.74, 6) is 0.550. The lowest BCUT2D eigenvalue weighted by atomic mass is 10.3. The molecule has 2 N–H and O–H groups in total. The molecule has 0 bridgehead atoms. The highest BCUT2D eigenvalue weighted by Crippen LogP contribution is 2.26. The van der Waals surface area contributed by atoms with Crippen LogP contribution in [0.15, 0.2) is 18.2 Å². The Bertz CT molecular complexity index is 379. The fraction of sp³-hybridized carbons (Fsp3) is 0.500. The Morgan fingerprint density at radius 3 is 2.74 bits per heavy atom. The highest BCUT2D eigenvalue weighted by Gasteiger charge is 2.06. The second-order valence-corrected chi connectivity index (χ2v) is 4.54. The molecule has 1 aromatic rings. The summed E-state index contributed by atoms with van der Waals surface area (Å²) in [5, 5.41) is 10.5. The van der Waals surface area contributed by atoms with Crippen LogP contribution in [0.3, 0.4) is 0 Å². The van der Waals surface area contributed by atoms with Crippen LogP contribution in [0.2, 0.25) is 10.0 Å². The summed E-state index contributed by atoms with van der Waals surface area (Å²) < 4.78 is 10.2. The maximum Gasteiger partial charge on any atom is 0.121 e. The number of hydroxylamine groups is 1. The molecule has 1 aromatic carbocycles. The third-order valence-corrected chi connectivity index (χ3v) is 2.88. The van der Waals surface area contributed by atoms with Crippen LogP contribution in [0.4, 0.5) is 0 Å². The summed E-state index contributed by atoms with van der Waals surface area (Å²) in [6, 6.07) is 4.92. The normalized spacial score (nSPS) is 12.4. The van der Waals surface area contributed by atoms with Gasteiger partial charge in [-0.05, 0) is 12.1 Å². The molecule has 0 aliphatic heterocycles. The van der Waals surface area contributed by atoms with Gasteiger partial charge >= 0.3 is 0 Å². The van der Waals surface area contributed by atoms with Crippen LogP contribution in [0.5, 0.6) is 5.75 Å². The van der Waals surface area contributed by atoms with E-state index in [4.69, 9.17) is 37.5 Å². The Morgan fingerprint density at radius 2 is 2.05 bits per heavy atom. The van der Waals surface area contributed by atoms with E-state index in [-0.39, 0.29) is 13.2 Å². The van der Waals surface area contributed by atoms with Crippen molar-refractivity contribution in [1.29, 1.82) is 0 Å². The zero-order chi connectivity index (χ0) is 14.1. The molecular weight excluding hydrogens is 293 g/mol. The summed E-state index contributed by atoms with van der Waals surface area (Å²) in [4.78, 5) is 5.00. The first-order valence-electron chi connectivity index (χ1n) is 5.73. The number of aliphatic hydroxyl groups excluding tert-OH is 1. The molecular formula is C12H17Cl2NO4. The number of methoxy groups -OCH3 is 1.